The maximum atomic E-state index is 11.2. The molecule has 0 aliphatic rings. The molecule has 0 spiro atoms. The van der Waals surface area contributed by atoms with Gasteiger partial charge in [-0.25, -0.2) is 0 Å². The monoisotopic (exact) mass is 286 g/mol. The van der Waals surface area contributed by atoms with E-state index >= 15 is 0 Å². The van der Waals surface area contributed by atoms with E-state index in [0.29, 0.717) is 11.1 Å². The van der Waals surface area contributed by atoms with E-state index in [9.17, 15) is 20.0 Å². The summed E-state index contributed by atoms with van der Waals surface area (Å²) in [5.74, 6) is -0.0219. The molecule has 2 rings (SSSR count). The topological polar surface area (TPSA) is 92.5 Å². The fraction of sp³-hybridized carbons (Fsp3) is 0.133. The zero-order valence-electron chi connectivity index (χ0n) is 11.4. The van der Waals surface area contributed by atoms with Crippen molar-refractivity contribution in [1.82, 2.24) is 0 Å². The van der Waals surface area contributed by atoms with Gasteiger partial charge in [0.15, 0.2) is 5.78 Å². The number of nitro benzene ring substituents is 1. The van der Waals surface area contributed by atoms with Gasteiger partial charge in [-0.15, -0.1) is 0 Å². The molecule has 0 atom stereocenters. The molecule has 2 N–H and O–H groups in total. The van der Waals surface area contributed by atoms with Crippen LogP contribution < -0.4 is 5.32 Å². The van der Waals surface area contributed by atoms with Gasteiger partial charge in [0.2, 0.25) is 0 Å². The highest BCUT2D eigenvalue weighted by Gasteiger charge is 2.10. The number of ketones is 1. The van der Waals surface area contributed by atoms with Crippen LogP contribution in [0.15, 0.2) is 42.5 Å². The Morgan fingerprint density at radius 2 is 1.90 bits per heavy atom. The van der Waals surface area contributed by atoms with Crippen LogP contribution >= 0.6 is 0 Å². The second-order valence-electron chi connectivity index (χ2n) is 4.56. The number of nitrogens with one attached hydrogen (secondary N) is 1. The SMILES string of the molecule is CC(=O)c1ccc(NCc2cc([N+](=O)[O-])ccc2O)cc1. The zero-order valence-corrected chi connectivity index (χ0v) is 11.4. The largest absolute Gasteiger partial charge is 0.508 e. The molecule has 0 saturated carbocycles. The summed E-state index contributed by atoms with van der Waals surface area (Å²) < 4.78 is 0. The van der Waals surface area contributed by atoms with Gasteiger partial charge >= 0.3 is 0 Å². The quantitative estimate of drug-likeness (QED) is 0.500. The first-order valence-corrected chi connectivity index (χ1v) is 6.28. The van der Waals surface area contributed by atoms with Crippen molar-refractivity contribution in [3.05, 3.63) is 63.7 Å². The van der Waals surface area contributed by atoms with E-state index in [-0.39, 0.29) is 23.8 Å². The molecule has 0 heterocycles. The van der Waals surface area contributed by atoms with E-state index < -0.39 is 4.92 Å². The number of phenols is 1. The zero-order chi connectivity index (χ0) is 15.4. The smallest absolute Gasteiger partial charge is 0.270 e. The van der Waals surface area contributed by atoms with Crippen LogP contribution in [0.25, 0.3) is 0 Å². The van der Waals surface area contributed by atoms with Crippen LogP contribution in [0, 0.1) is 10.1 Å². The molecule has 2 aromatic carbocycles. The van der Waals surface area contributed by atoms with Crippen molar-refractivity contribution in [1.29, 1.82) is 0 Å². The number of nitro groups is 1. The van der Waals surface area contributed by atoms with Gasteiger partial charge in [-0.3, -0.25) is 14.9 Å². The molecular weight excluding hydrogens is 272 g/mol. The summed E-state index contributed by atoms with van der Waals surface area (Å²) in [6.45, 7) is 1.73. The summed E-state index contributed by atoms with van der Waals surface area (Å²) in [6, 6.07) is 10.7. The summed E-state index contributed by atoms with van der Waals surface area (Å²) in [6.07, 6.45) is 0. The van der Waals surface area contributed by atoms with Crippen molar-refractivity contribution in [2.75, 3.05) is 5.32 Å². The Balaban J connectivity index is 2.10. The highest BCUT2D eigenvalue weighted by Crippen LogP contribution is 2.24. The van der Waals surface area contributed by atoms with Crippen molar-refractivity contribution >= 4 is 17.2 Å². The minimum absolute atomic E-state index is 0.00606. The van der Waals surface area contributed by atoms with E-state index in [0.717, 1.165) is 5.69 Å². The van der Waals surface area contributed by atoms with Gasteiger partial charge in [-0.05, 0) is 37.3 Å². The second kappa shape index (κ2) is 6.04. The average molecular weight is 286 g/mol. The fourth-order valence-electron chi connectivity index (χ4n) is 1.85. The first-order chi connectivity index (χ1) is 9.97. The molecule has 0 aliphatic carbocycles. The van der Waals surface area contributed by atoms with E-state index in [1.807, 2.05) is 0 Å². The molecule has 0 bridgehead atoms. The van der Waals surface area contributed by atoms with Gasteiger partial charge in [-0.2, -0.15) is 0 Å². The predicted octanol–water partition coefficient (Wildman–Crippen LogP) is 3.12. The lowest BCUT2D eigenvalue weighted by Crippen LogP contribution is -2.01. The molecule has 6 nitrogen and oxygen atoms in total. The molecule has 0 fully saturated rings. The van der Waals surface area contributed by atoms with Gasteiger partial charge in [0.1, 0.15) is 5.75 Å². The van der Waals surface area contributed by atoms with Crippen molar-refractivity contribution in [3.63, 3.8) is 0 Å². The van der Waals surface area contributed by atoms with Crippen LogP contribution in [0.1, 0.15) is 22.8 Å². The number of rotatable bonds is 5. The van der Waals surface area contributed by atoms with Crippen LogP contribution in [0.3, 0.4) is 0 Å². The number of carbonyl (C=O) groups is 1. The summed E-state index contributed by atoms with van der Waals surface area (Å²) in [5, 5.41) is 23.5. The molecule has 0 amide bonds. The molecule has 0 aliphatic heterocycles. The normalized spacial score (nSPS) is 10.1. The van der Waals surface area contributed by atoms with Crippen LogP contribution in [0.5, 0.6) is 5.75 Å². The first kappa shape index (κ1) is 14.5. The number of hydrogen-bond acceptors (Lipinski definition) is 5. The number of hydrogen-bond donors (Lipinski definition) is 2. The highest BCUT2D eigenvalue weighted by atomic mass is 16.6. The van der Waals surface area contributed by atoms with E-state index in [1.165, 1.54) is 25.1 Å². The van der Waals surface area contributed by atoms with Crippen molar-refractivity contribution in [2.24, 2.45) is 0 Å². The number of phenolic OH excluding ortho intramolecular Hbond substituents is 1. The lowest BCUT2D eigenvalue weighted by Gasteiger charge is -2.08. The molecular formula is C15H14N2O4. The third-order valence-corrected chi connectivity index (χ3v) is 3.05. The molecule has 0 radical (unpaired) electrons. The molecule has 0 saturated heterocycles. The molecule has 108 valence electrons. The number of nitrogens with zero attached hydrogens (tertiary/aromatic N) is 1. The third kappa shape index (κ3) is 3.56. The van der Waals surface area contributed by atoms with Crippen LogP contribution in [-0.2, 0) is 6.54 Å². The van der Waals surface area contributed by atoms with Gasteiger partial charge in [0, 0.05) is 35.5 Å². The number of non-ortho nitro benzene ring substituents is 1. The average Bonchev–Trinajstić information content (AvgIpc) is 2.46. The summed E-state index contributed by atoms with van der Waals surface area (Å²) >= 11 is 0. The maximum absolute atomic E-state index is 11.2. The Morgan fingerprint density at radius 1 is 1.24 bits per heavy atom. The Morgan fingerprint density at radius 3 is 2.48 bits per heavy atom. The van der Waals surface area contributed by atoms with Crippen LogP contribution in [-0.4, -0.2) is 15.8 Å². The van der Waals surface area contributed by atoms with Crippen molar-refractivity contribution in [2.45, 2.75) is 13.5 Å². The van der Waals surface area contributed by atoms with Gasteiger partial charge < -0.3 is 10.4 Å². The molecule has 6 heteroatoms. The molecule has 0 unspecified atom stereocenters. The number of benzene rings is 2. The predicted molar refractivity (Wildman–Crippen MR) is 78.5 cm³/mol. The number of aromatic hydroxyl groups is 1. The Bertz CT molecular complexity index is 681. The Kier molecular flexibility index (Phi) is 4.18. The van der Waals surface area contributed by atoms with E-state index in [2.05, 4.69) is 5.32 Å². The van der Waals surface area contributed by atoms with Gasteiger partial charge in [-0.1, -0.05) is 0 Å². The van der Waals surface area contributed by atoms with Crippen LogP contribution in [0.4, 0.5) is 11.4 Å². The Hall–Kier alpha value is -2.89. The second-order valence-corrected chi connectivity index (χ2v) is 4.56. The lowest BCUT2D eigenvalue weighted by molar-refractivity contribution is -0.384. The maximum Gasteiger partial charge on any atom is 0.270 e. The number of Topliss-reactive ketones (excluding diaryl/α,β-unsaturated/α-hetero) is 1. The fourth-order valence-corrected chi connectivity index (χ4v) is 1.85. The van der Waals surface area contributed by atoms with Gasteiger partial charge in [0.25, 0.3) is 5.69 Å². The number of anilines is 1. The molecule has 2 aromatic rings. The summed E-state index contributed by atoms with van der Waals surface area (Å²) in [4.78, 5) is 21.4. The minimum atomic E-state index is -0.509. The van der Waals surface area contributed by atoms with E-state index in [1.54, 1.807) is 24.3 Å². The first-order valence-electron chi connectivity index (χ1n) is 6.28. The minimum Gasteiger partial charge on any atom is -0.508 e. The molecule has 21 heavy (non-hydrogen) atoms. The summed E-state index contributed by atoms with van der Waals surface area (Å²) in [5.41, 5.74) is 1.72. The standard InChI is InChI=1S/C15H14N2O4/c1-10(18)11-2-4-13(5-3-11)16-9-12-8-14(17(20)21)6-7-15(12)19/h2-8,16,19H,9H2,1H3. The van der Waals surface area contributed by atoms with Crippen molar-refractivity contribution in [3.8, 4) is 5.75 Å². The Labute approximate surface area is 121 Å². The third-order valence-electron chi connectivity index (χ3n) is 3.05. The lowest BCUT2D eigenvalue weighted by atomic mass is 10.1. The highest BCUT2D eigenvalue weighted by molar-refractivity contribution is 5.94. The molecule has 0 aromatic heterocycles. The van der Waals surface area contributed by atoms with Crippen molar-refractivity contribution < 1.29 is 14.8 Å². The van der Waals surface area contributed by atoms with Crippen LogP contribution in [0.2, 0.25) is 0 Å². The van der Waals surface area contributed by atoms with E-state index in [4.69, 9.17) is 0 Å². The number of carbonyl (C=O) groups excluding carboxylic acids is 1. The van der Waals surface area contributed by atoms with Gasteiger partial charge in [0.05, 0.1) is 4.92 Å². The summed E-state index contributed by atoms with van der Waals surface area (Å²) in [7, 11) is 0.